The van der Waals surface area contributed by atoms with Gasteiger partial charge in [-0.2, -0.15) is 0 Å². The average molecular weight is 1120 g/mol. The maximum atomic E-state index is 13.1. The molecule has 0 aromatic heterocycles. The number of allylic oxidation sites excluding steroid dienone is 8. The Kier molecular flexibility index (Phi) is 51.5. The van der Waals surface area contributed by atoms with Crippen LogP contribution in [0.4, 0.5) is 0 Å². The number of carbonyl (C=O) groups is 4. The fraction of sp³-hybridized carbons (Fsp3) is 0.821. The van der Waals surface area contributed by atoms with Gasteiger partial charge in [0.1, 0.15) is 18.8 Å². The van der Waals surface area contributed by atoms with Crippen LogP contribution in [0.3, 0.4) is 0 Å². The van der Waals surface area contributed by atoms with Gasteiger partial charge in [0.25, 0.3) is 0 Å². The summed E-state index contributed by atoms with van der Waals surface area (Å²) in [4.78, 5) is 51.2. The number of aliphatic hydroxyl groups excluding tert-OH is 2. The summed E-state index contributed by atoms with van der Waals surface area (Å²) >= 11 is 0. The highest BCUT2D eigenvalue weighted by atomic mass is 16.7. The van der Waals surface area contributed by atoms with Crippen LogP contribution in [0, 0.1) is 0 Å². The Morgan fingerprint density at radius 1 is 0.418 bits per heavy atom. The molecule has 3 N–H and O–H groups in total. The van der Waals surface area contributed by atoms with Crippen molar-refractivity contribution in [1.29, 1.82) is 0 Å². The predicted molar refractivity (Wildman–Crippen MR) is 322 cm³/mol. The SMILES string of the molecule is CCCC/C=C\CCCCCCCC(=O)OC(COC(=O)CCCCCCCCCCCCCCCCCCCCC)COC1OC(C(=O)O)C(O)C(O)C1OC(=O)CCCCCCCC/C=C\C/C=C\C/C=C\CCCCC. The fourth-order valence-corrected chi connectivity index (χ4v) is 9.83. The molecule has 12 heteroatoms. The normalized spacial score (nSPS) is 18.1. The molecule has 0 saturated carbocycles. The molecule has 0 aromatic rings. The van der Waals surface area contributed by atoms with Crippen LogP contribution >= 0.6 is 0 Å². The number of hydrogen-bond donors (Lipinski definition) is 3. The van der Waals surface area contributed by atoms with Crippen LogP contribution in [0.25, 0.3) is 0 Å². The van der Waals surface area contributed by atoms with Crippen LogP contribution in [-0.4, -0.2) is 89.2 Å². The van der Waals surface area contributed by atoms with Crippen molar-refractivity contribution in [2.75, 3.05) is 13.2 Å². The summed E-state index contributed by atoms with van der Waals surface area (Å²) in [7, 11) is 0. The summed E-state index contributed by atoms with van der Waals surface area (Å²) in [5, 5.41) is 31.6. The van der Waals surface area contributed by atoms with Crippen molar-refractivity contribution in [3.8, 4) is 0 Å². The Morgan fingerprint density at radius 2 is 0.772 bits per heavy atom. The second-order valence-corrected chi connectivity index (χ2v) is 22.4. The number of aliphatic hydroxyl groups is 2. The standard InChI is InChI=1S/C67H118O12/c1-4-7-10-13-16-19-22-24-26-28-30-32-34-36-39-41-44-47-50-53-59(68)75-56-58(77-60(69)54-51-48-45-42-38-21-18-15-12-9-6-3)57-76-67-65(63(72)62(71)64(79-67)66(73)74)78-61(70)55-52-49-46-43-40-37-35-33-31-29-27-25-23-20-17-14-11-8-5-2/h15,17-18,20,25,27,31,33,58,62-65,67,71-72H,4-14,16,19,21-24,26,28-30,32,34-57H2,1-3H3,(H,73,74)/b18-15-,20-17-,27-25-,33-31-. The molecule has 0 bridgehead atoms. The number of carboxylic acids is 1. The molecule has 79 heavy (non-hydrogen) atoms. The summed E-state index contributed by atoms with van der Waals surface area (Å²) in [5.41, 5.74) is 0. The molecule has 0 aliphatic carbocycles. The minimum atomic E-state index is -1.91. The molecule has 1 fully saturated rings. The van der Waals surface area contributed by atoms with E-state index >= 15 is 0 Å². The Morgan fingerprint density at radius 3 is 1.23 bits per heavy atom. The molecule has 1 heterocycles. The van der Waals surface area contributed by atoms with Gasteiger partial charge in [-0.25, -0.2) is 4.79 Å². The number of aliphatic carboxylic acids is 1. The Hall–Kier alpha value is -3.32. The van der Waals surface area contributed by atoms with Gasteiger partial charge in [0.15, 0.2) is 24.6 Å². The van der Waals surface area contributed by atoms with Crippen LogP contribution in [0.1, 0.15) is 303 Å². The first kappa shape index (κ1) is 73.7. The molecule has 6 unspecified atom stereocenters. The van der Waals surface area contributed by atoms with Crippen LogP contribution < -0.4 is 0 Å². The van der Waals surface area contributed by atoms with Crippen molar-refractivity contribution >= 4 is 23.9 Å². The summed E-state index contributed by atoms with van der Waals surface area (Å²) in [6.45, 7) is 5.96. The number of carbonyl (C=O) groups excluding carboxylic acids is 3. The van der Waals surface area contributed by atoms with E-state index in [0.717, 1.165) is 109 Å². The lowest BCUT2D eigenvalue weighted by molar-refractivity contribution is -0.301. The largest absolute Gasteiger partial charge is 0.479 e. The van der Waals surface area contributed by atoms with Crippen molar-refractivity contribution < 1.29 is 58.2 Å². The molecule has 12 nitrogen and oxygen atoms in total. The van der Waals surface area contributed by atoms with E-state index in [0.29, 0.717) is 19.3 Å². The monoisotopic (exact) mass is 1110 g/mol. The molecule has 0 aromatic carbocycles. The smallest absolute Gasteiger partial charge is 0.335 e. The minimum Gasteiger partial charge on any atom is -0.479 e. The molecule has 1 saturated heterocycles. The van der Waals surface area contributed by atoms with Crippen LogP contribution in [-0.2, 0) is 42.9 Å². The first-order valence-corrected chi connectivity index (χ1v) is 32.6. The zero-order chi connectivity index (χ0) is 57.5. The molecule has 0 amide bonds. The van der Waals surface area contributed by atoms with E-state index < -0.39 is 67.3 Å². The Bertz CT molecular complexity index is 1560. The van der Waals surface area contributed by atoms with Crippen LogP contribution in [0.15, 0.2) is 48.6 Å². The van der Waals surface area contributed by atoms with E-state index in [1.165, 1.54) is 135 Å². The van der Waals surface area contributed by atoms with Gasteiger partial charge in [-0.15, -0.1) is 0 Å². The maximum Gasteiger partial charge on any atom is 0.335 e. The number of ether oxygens (including phenoxy) is 5. The van der Waals surface area contributed by atoms with Gasteiger partial charge in [0, 0.05) is 19.3 Å². The quantitative estimate of drug-likeness (QED) is 0.0228. The highest BCUT2D eigenvalue weighted by Gasteiger charge is 2.50. The van der Waals surface area contributed by atoms with Gasteiger partial charge in [-0.3, -0.25) is 14.4 Å². The predicted octanol–water partition coefficient (Wildman–Crippen LogP) is 17.3. The Balaban J connectivity index is 2.61. The number of rotatable bonds is 56. The number of esters is 3. The molecule has 1 aliphatic heterocycles. The van der Waals surface area contributed by atoms with Crippen molar-refractivity contribution in [3.63, 3.8) is 0 Å². The van der Waals surface area contributed by atoms with Gasteiger partial charge in [0.2, 0.25) is 0 Å². The molecule has 6 atom stereocenters. The maximum absolute atomic E-state index is 13.1. The number of hydrogen-bond acceptors (Lipinski definition) is 11. The third-order valence-corrected chi connectivity index (χ3v) is 14.9. The first-order valence-electron chi connectivity index (χ1n) is 32.6. The van der Waals surface area contributed by atoms with E-state index in [4.69, 9.17) is 23.7 Å². The second kappa shape index (κ2) is 55.2. The zero-order valence-electron chi connectivity index (χ0n) is 50.6. The highest BCUT2D eigenvalue weighted by Crippen LogP contribution is 2.27. The molecule has 0 radical (unpaired) electrons. The van der Waals surface area contributed by atoms with Gasteiger partial charge in [-0.1, -0.05) is 256 Å². The van der Waals surface area contributed by atoms with Crippen molar-refractivity contribution in [3.05, 3.63) is 48.6 Å². The summed E-state index contributed by atoms with van der Waals surface area (Å²) in [6.07, 6.45) is 55.1. The fourth-order valence-electron chi connectivity index (χ4n) is 9.83. The van der Waals surface area contributed by atoms with Crippen molar-refractivity contribution in [2.45, 2.75) is 340 Å². The molecule has 458 valence electrons. The molecular formula is C67H118O12. The zero-order valence-corrected chi connectivity index (χ0v) is 50.6. The van der Waals surface area contributed by atoms with Gasteiger partial charge >= 0.3 is 23.9 Å². The van der Waals surface area contributed by atoms with Crippen LogP contribution in [0.2, 0.25) is 0 Å². The lowest BCUT2D eigenvalue weighted by atomic mass is 9.98. The number of carboxylic acid groups (broad SMARTS) is 1. The van der Waals surface area contributed by atoms with E-state index in [9.17, 15) is 34.5 Å². The van der Waals surface area contributed by atoms with Crippen molar-refractivity contribution in [1.82, 2.24) is 0 Å². The van der Waals surface area contributed by atoms with E-state index in [2.05, 4.69) is 69.4 Å². The summed E-state index contributed by atoms with van der Waals surface area (Å²) in [6, 6.07) is 0. The summed E-state index contributed by atoms with van der Waals surface area (Å²) < 4.78 is 28.5. The lowest BCUT2D eigenvalue weighted by Crippen LogP contribution is -2.61. The molecule has 1 rings (SSSR count). The third kappa shape index (κ3) is 45.0. The first-order chi connectivity index (χ1) is 38.6. The van der Waals surface area contributed by atoms with E-state index in [-0.39, 0.29) is 25.9 Å². The number of unbranched alkanes of at least 4 members (excludes halogenated alkanes) is 34. The van der Waals surface area contributed by atoms with Gasteiger partial charge in [0.05, 0.1) is 6.61 Å². The molecule has 0 spiro atoms. The van der Waals surface area contributed by atoms with Crippen LogP contribution in [0.5, 0.6) is 0 Å². The molecule has 1 aliphatic rings. The van der Waals surface area contributed by atoms with Gasteiger partial charge in [-0.05, 0) is 77.0 Å². The van der Waals surface area contributed by atoms with Gasteiger partial charge < -0.3 is 39.0 Å². The van der Waals surface area contributed by atoms with E-state index in [1.54, 1.807) is 0 Å². The average Bonchev–Trinajstić information content (AvgIpc) is 3.47. The molecular weight excluding hydrogens is 997 g/mol. The Labute approximate surface area is 482 Å². The summed E-state index contributed by atoms with van der Waals surface area (Å²) in [5.74, 6) is -3.12. The van der Waals surface area contributed by atoms with Crippen molar-refractivity contribution in [2.24, 2.45) is 0 Å². The minimum absolute atomic E-state index is 0.0467. The lowest BCUT2D eigenvalue weighted by Gasteiger charge is -2.40. The topological polar surface area (TPSA) is 175 Å². The highest BCUT2D eigenvalue weighted by molar-refractivity contribution is 5.74. The van der Waals surface area contributed by atoms with E-state index in [1.807, 2.05) is 0 Å². The second-order valence-electron chi connectivity index (χ2n) is 22.4. The third-order valence-electron chi connectivity index (χ3n) is 14.9.